The SMILES string of the molecule is Cc1cc(NC(=O)C(=O)N2C[C@@H](C)CC[C@@H]2c2ccc(N3CCN(C)CC3)cc2)cnc1NC(=O)OC(C)(C)C. The van der Waals surface area contributed by atoms with E-state index in [1.807, 2.05) is 0 Å². The number of ether oxygens (including phenoxy) is 1. The molecule has 2 atom stereocenters. The second-order valence-electron chi connectivity index (χ2n) is 12.0. The van der Waals surface area contributed by atoms with Gasteiger partial charge in [0, 0.05) is 38.4 Å². The molecule has 10 heteroatoms. The lowest BCUT2D eigenvalue weighted by molar-refractivity contribution is -0.146. The van der Waals surface area contributed by atoms with Gasteiger partial charge in [0.1, 0.15) is 11.4 Å². The highest BCUT2D eigenvalue weighted by molar-refractivity contribution is 6.39. The Morgan fingerprint density at radius 1 is 1.00 bits per heavy atom. The predicted octanol–water partition coefficient (Wildman–Crippen LogP) is 4.43. The molecule has 0 aliphatic carbocycles. The second-order valence-corrected chi connectivity index (χ2v) is 12.0. The summed E-state index contributed by atoms with van der Waals surface area (Å²) in [6.07, 6.45) is 2.60. The van der Waals surface area contributed by atoms with Crippen LogP contribution < -0.4 is 15.5 Å². The molecule has 2 fully saturated rings. The Kier molecular flexibility index (Phi) is 8.98. The molecule has 2 aliphatic rings. The highest BCUT2D eigenvalue weighted by atomic mass is 16.6. The van der Waals surface area contributed by atoms with E-state index in [9.17, 15) is 14.4 Å². The standard InChI is InChI=1S/C30H42N6O4/c1-20-7-12-25(22-8-10-24(11-9-22)35-15-13-34(6)14-16-35)36(19-20)28(38)27(37)32-23-17-21(2)26(31-18-23)33-29(39)40-30(3,4)5/h8-11,17-18,20,25H,7,12-16,19H2,1-6H3,(H,32,37)(H,31,33,39)/t20-,25+/m0/s1. The third-order valence-electron chi connectivity index (χ3n) is 7.37. The third kappa shape index (κ3) is 7.50. The van der Waals surface area contributed by atoms with Crippen LogP contribution in [0.4, 0.5) is 22.0 Å². The van der Waals surface area contributed by atoms with Gasteiger partial charge < -0.3 is 24.8 Å². The molecule has 0 spiro atoms. The Labute approximate surface area is 237 Å². The molecule has 0 radical (unpaired) electrons. The van der Waals surface area contributed by atoms with Gasteiger partial charge in [0.15, 0.2) is 0 Å². The van der Waals surface area contributed by atoms with Gasteiger partial charge >= 0.3 is 17.9 Å². The van der Waals surface area contributed by atoms with Gasteiger partial charge in [-0.3, -0.25) is 14.9 Å². The lowest BCUT2D eigenvalue weighted by Gasteiger charge is -2.39. The molecule has 3 heterocycles. The Morgan fingerprint density at radius 2 is 1.68 bits per heavy atom. The van der Waals surface area contributed by atoms with Crippen molar-refractivity contribution in [1.29, 1.82) is 0 Å². The number of pyridine rings is 1. The predicted molar refractivity (Wildman–Crippen MR) is 156 cm³/mol. The normalized spacial score (nSPS) is 20.1. The van der Waals surface area contributed by atoms with Crippen LogP contribution in [-0.4, -0.2) is 78.1 Å². The average molecular weight is 551 g/mol. The van der Waals surface area contributed by atoms with E-state index in [1.165, 1.54) is 11.9 Å². The largest absolute Gasteiger partial charge is 0.444 e. The molecule has 10 nitrogen and oxygen atoms in total. The van der Waals surface area contributed by atoms with Crippen molar-refractivity contribution in [2.24, 2.45) is 5.92 Å². The van der Waals surface area contributed by atoms with E-state index < -0.39 is 23.5 Å². The Morgan fingerprint density at radius 3 is 2.30 bits per heavy atom. The van der Waals surface area contributed by atoms with E-state index in [0.717, 1.165) is 44.6 Å². The fourth-order valence-corrected chi connectivity index (χ4v) is 5.18. The van der Waals surface area contributed by atoms with E-state index in [1.54, 1.807) is 38.7 Å². The zero-order valence-corrected chi connectivity index (χ0v) is 24.5. The number of carbonyl (C=O) groups excluding carboxylic acids is 3. The van der Waals surface area contributed by atoms with Gasteiger partial charge in [-0.25, -0.2) is 9.78 Å². The minimum atomic E-state index is -0.706. The molecule has 4 rings (SSSR count). The number of benzene rings is 1. The van der Waals surface area contributed by atoms with Gasteiger partial charge in [-0.2, -0.15) is 0 Å². The van der Waals surface area contributed by atoms with Gasteiger partial charge in [-0.05, 0) is 82.8 Å². The van der Waals surface area contributed by atoms with Crippen molar-refractivity contribution in [2.75, 3.05) is 55.3 Å². The molecule has 2 saturated heterocycles. The first kappa shape index (κ1) is 29.3. The first-order valence-corrected chi connectivity index (χ1v) is 14.0. The number of piperidine rings is 1. The lowest BCUT2D eigenvalue weighted by Crippen LogP contribution is -2.46. The van der Waals surface area contributed by atoms with Crippen LogP contribution >= 0.6 is 0 Å². The van der Waals surface area contributed by atoms with Crippen molar-refractivity contribution >= 4 is 35.1 Å². The number of aryl methyl sites for hydroxylation is 1. The monoisotopic (exact) mass is 550 g/mol. The summed E-state index contributed by atoms with van der Waals surface area (Å²) in [4.78, 5) is 49.2. The lowest BCUT2D eigenvalue weighted by atomic mass is 9.89. The number of aromatic nitrogens is 1. The highest BCUT2D eigenvalue weighted by Crippen LogP contribution is 2.34. The maximum atomic E-state index is 13.4. The number of nitrogens with zero attached hydrogens (tertiary/aromatic N) is 4. The second kappa shape index (κ2) is 12.2. The van der Waals surface area contributed by atoms with Crippen LogP contribution in [-0.2, 0) is 14.3 Å². The number of nitrogens with one attached hydrogen (secondary N) is 2. The maximum Gasteiger partial charge on any atom is 0.413 e. The van der Waals surface area contributed by atoms with Crippen molar-refractivity contribution in [3.05, 3.63) is 47.7 Å². The zero-order chi connectivity index (χ0) is 29.0. The number of likely N-dealkylation sites (tertiary alicyclic amines) is 1. The number of carbonyl (C=O) groups is 3. The first-order valence-electron chi connectivity index (χ1n) is 14.0. The van der Waals surface area contributed by atoms with E-state index in [0.29, 0.717) is 29.5 Å². The van der Waals surface area contributed by atoms with Crippen LogP contribution in [0.5, 0.6) is 0 Å². The minimum absolute atomic E-state index is 0.156. The topological polar surface area (TPSA) is 107 Å². The van der Waals surface area contributed by atoms with Crippen LogP contribution in [0.15, 0.2) is 36.5 Å². The van der Waals surface area contributed by atoms with Crippen LogP contribution in [0.1, 0.15) is 57.7 Å². The molecule has 0 bridgehead atoms. The molecule has 2 aliphatic heterocycles. The van der Waals surface area contributed by atoms with Crippen LogP contribution in [0.2, 0.25) is 0 Å². The summed E-state index contributed by atoms with van der Waals surface area (Å²) in [6, 6.07) is 9.95. The van der Waals surface area contributed by atoms with Crippen molar-refractivity contribution in [1.82, 2.24) is 14.8 Å². The van der Waals surface area contributed by atoms with Crippen molar-refractivity contribution in [3.8, 4) is 0 Å². The minimum Gasteiger partial charge on any atom is -0.444 e. The molecular weight excluding hydrogens is 508 g/mol. The molecule has 0 saturated carbocycles. The summed E-state index contributed by atoms with van der Waals surface area (Å²) in [5.74, 6) is -0.640. The van der Waals surface area contributed by atoms with E-state index in [4.69, 9.17) is 4.74 Å². The molecule has 2 N–H and O–H groups in total. The molecule has 40 heavy (non-hydrogen) atoms. The molecule has 1 aromatic carbocycles. The summed E-state index contributed by atoms with van der Waals surface area (Å²) >= 11 is 0. The molecule has 1 aromatic heterocycles. The number of amides is 3. The van der Waals surface area contributed by atoms with Gasteiger partial charge in [0.25, 0.3) is 0 Å². The zero-order valence-electron chi connectivity index (χ0n) is 24.5. The molecule has 3 amide bonds. The number of hydrogen-bond acceptors (Lipinski definition) is 7. The van der Waals surface area contributed by atoms with Crippen LogP contribution in [0.3, 0.4) is 0 Å². The van der Waals surface area contributed by atoms with E-state index >= 15 is 0 Å². The fourth-order valence-electron chi connectivity index (χ4n) is 5.18. The number of anilines is 3. The van der Waals surface area contributed by atoms with Crippen molar-refractivity contribution in [3.63, 3.8) is 0 Å². The highest BCUT2D eigenvalue weighted by Gasteiger charge is 2.34. The molecule has 0 unspecified atom stereocenters. The van der Waals surface area contributed by atoms with E-state index in [-0.39, 0.29) is 6.04 Å². The van der Waals surface area contributed by atoms with Crippen molar-refractivity contribution < 1.29 is 19.1 Å². The molecule has 2 aromatic rings. The fraction of sp³-hybridized carbons (Fsp3) is 0.533. The average Bonchev–Trinajstić information content (AvgIpc) is 2.89. The Bertz CT molecular complexity index is 1220. The van der Waals surface area contributed by atoms with Gasteiger partial charge in [-0.1, -0.05) is 19.1 Å². The molecular formula is C30H42N6O4. The molecule has 216 valence electrons. The Hall–Kier alpha value is -3.66. The van der Waals surface area contributed by atoms with Gasteiger partial charge in [-0.15, -0.1) is 0 Å². The summed E-state index contributed by atoms with van der Waals surface area (Å²) in [7, 11) is 2.14. The number of rotatable bonds is 4. The summed E-state index contributed by atoms with van der Waals surface area (Å²) < 4.78 is 5.27. The third-order valence-corrected chi connectivity index (χ3v) is 7.37. The summed E-state index contributed by atoms with van der Waals surface area (Å²) in [5.41, 5.74) is 2.60. The van der Waals surface area contributed by atoms with E-state index in [2.05, 4.69) is 63.7 Å². The number of likely N-dealkylation sites (N-methyl/N-ethyl adjacent to an activating group) is 1. The number of hydrogen-bond donors (Lipinski definition) is 2. The number of piperazine rings is 1. The summed E-state index contributed by atoms with van der Waals surface area (Å²) in [5, 5.41) is 5.31. The van der Waals surface area contributed by atoms with Gasteiger partial charge in [0.05, 0.1) is 17.9 Å². The maximum absolute atomic E-state index is 13.4. The first-order chi connectivity index (χ1) is 18.9. The van der Waals surface area contributed by atoms with Crippen LogP contribution in [0, 0.1) is 12.8 Å². The van der Waals surface area contributed by atoms with Crippen LogP contribution in [0.25, 0.3) is 0 Å². The summed E-state index contributed by atoms with van der Waals surface area (Å²) in [6.45, 7) is 13.8. The Balaban J connectivity index is 1.42. The van der Waals surface area contributed by atoms with Crippen molar-refractivity contribution in [2.45, 2.75) is 59.1 Å². The smallest absolute Gasteiger partial charge is 0.413 e. The quantitative estimate of drug-likeness (QED) is 0.543. The van der Waals surface area contributed by atoms with Gasteiger partial charge in [0.2, 0.25) is 0 Å².